The smallest absolute Gasteiger partial charge is 0.309 e. The minimum absolute atomic E-state index is 0.0545. The molecule has 0 amide bonds. The minimum Gasteiger partial charge on any atom is -0.481 e. The average molecular weight is 244 g/mol. The van der Waals surface area contributed by atoms with Crippen LogP contribution in [0.25, 0.3) is 0 Å². The number of hydrogen-bond acceptors (Lipinski definition) is 3. The molecule has 1 fully saturated rings. The van der Waals surface area contributed by atoms with Crippen LogP contribution in [0.1, 0.15) is 10.8 Å². The van der Waals surface area contributed by atoms with E-state index in [4.69, 9.17) is 5.11 Å². The Morgan fingerprint density at radius 1 is 1.38 bits per heavy atom. The highest BCUT2D eigenvalue weighted by Gasteiger charge is 2.51. The van der Waals surface area contributed by atoms with Gasteiger partial charge in [0.05, 0.1) is 11.7 Å². The quantitative estimate of drug-likeness (QED) is 0.842. The Bertz CT molecular complexity index is 538. The molecule has 1 saturated heterocycles. The van der Waals surface area contributed by atoms with Gasteiger partial charge in [0, 0.05) is 5.56 Å². The summed E-state index contributed by atoms with van der Waals surface area (Å²) in [5.41, 5.74) is -0.0545. The van der Waals surface area contributed by atoms with Gasteiger partial charge in [0.15, 0.2) is 9.84 Å². The van der Waals surface area contributed by atoms with Gasteiger partial charge in [-0.15, -0.1) is 0 Å². The van der Waals surface area contributed by atoms with Crippen LogP contribution < -0.4 is 0 Å². The third-order valence-corrected chi connectivity index (χ3v) is 4.87. The first-order valence-electron chi connectivity index (χ1n) is 4.62. The molecule has 1 heterocycles. The van der Waals surface area contributed by atoms with Gasteiger partial charge in [-0.05, 0) is 6.07 Å². The van der Waals surface area contributed by atoms with Crippen LogP contribution in [0.3, 0.4) is 0 Å². The summed E-state index contributed by atoms with van der Waals surface area (Å²) in [7, 11) is -3.51. The van der Waals surface area contributed by atoms with Gasteiger partial charge in [0.1, 0.15) is 11.1 Å². The van der Waals surface area contributed by atoms with Crippen LogP contribution >= 0.6 is 0 Å². The van der Waals surface area contributed by atoms with E-state index in [-0.39, 0.29) is 5.56 Å². The fourth-order valence-electron chi connectivity index (χ4n) is 1.89. The first-order valence-corrected chi connectivity index (χ1v) is 6.34. The second-order valence-electron chi connectivity index (χ2n) is 3.72. The van der Waals surface area contributed by atoms with E-state index in [1.54, 1.807) is 0 Å². The summed E-state index contributed by atoms with van der Waals surface area (Å²) in [6.07, 6.45) is 0. The van der Waals surface area contributed by atoms with Crippen molar-refractivity contribution in [3.8, 4) is 0 Å². The number of carboxylic acids is 1. The number of rotatable bonds is 2. The van der Waals surface area contributed by atoms with Crippen molar-refractivity contribution in [3.63, 3.8) is 0 Å². The van der Waals surface area contributed by atoms with E-state index in [2.05, 4.69) is 0 Å². The molecule has 1 aromatic carbocycles. The van der Waals surface area contributed by atoms with E-state index in [1.165, 1.54) is 18.2 Å². The van der Waals surface area contributed by atoms with Crippen LogP contribution in [0.4, 0.5) is 4.39 Å². The zero-order valence-corrected chi connectivity index (χ0v) is 8.95. The molecule has 1 aromatic rings. The van der Waals surface area contributed by atoms with Gasteiger partial charge >= 0.3 is 5.97 Å². The summed E-state index contributed by atoms with van der Waals surface area (Å²) in [6.45, 7) is 0. The van der Waals surface area contributed by atoms with Gasteiger partial charge in [0.25, 0.3) is 0 Å². The van der Waals surface area contributed by atoms with Crippen LogP contribution in [0.5, 0.6) is 0 Å². The first kappa shape index (κ1) is 11.1. The molecular weight excluding hydrogens is 235 g/mol. The van der Waals surface area contributed by atoms with Crippen LogP contribution in [0.2, 0.25) is 0 Å². The third-order valence-electron chi connectivity index (χ3n) is 2.69. The van der Waals surface area contributed by atoms with E-state index in [1.807, 2.05) is 0 Å². The topological polar surface area (TPSA) is 71.4 Å². The van der Waals surface area contributed by atoms with Crippen LogP contribution in [-0.2, 0) is 14.6 Å². The summed E-state index contributed by atoms with van der Waals surface area (Å²) in [5.74, 6) is -3.34. The van der Waals surface area contributed by atoms with Gasteiger partial charge in [0.2, 0.25) is 0 Å². The molecule has 1 aliphatic heterocycles. The Balaban J connectivity index is 2.46. The maximum atomic E-state index is 13.4. The molecule has 2 unspecified atom stereocenters. The van der Waals surface area contributed by atoms with Crippen LogP contribution in [-0.4, -0.2) is 25.2 Å². The summed E-state index contributed by atoms with van der Waals surface area (Å²) in [5, 5.41) is 7.56. The predicted molar refractivity (Wildman–Crippen MR) is 54.1 cm³/mol. The molecule has 4 nitrogen and oxygen atoms in total. The summed E-state index contributed by atoms with van der Waals surface area (Å²) in [4.78, 5) is 10.8. The van der Waals surface area contributed by atoms with Gasteiger partial charge < -0.3 is 5.11 Å². The lowest BCUT2D eigenvalue weighted by atomic mass is 9.99. The molecule has 6 heteroatoms. The lowest BCUT2D eigenvalue weighted by Gasteiger charge is -2.33. The molecule has 2 rings (SSSR count). The van der Waals surface area contributed by atoms with E-state index in [9.17, 15) is 17.6 Å². The number of aliphatic carboxylic acids is 1. The molecule has 1 N–H and O–H groups in total. The Morgan fingerprint density at radius 3 is 2.50 bits per heavy atom. The van der Waals surface area contributed by atoms with Crippen LogP contribution in [0, 0.1) is 11.7 Å². The number of hydrogen-bond donors (Lipinski definition) is 1. The lowest BCUT2D eigenvalue weighted by molar-refractivity contribution is -0.141. The highest BCUT2D eigenvalue weighted by atomic mass is 32.2. The predicted octanol–water partition coefficient (Wildman–Crippen LogP) is 0.996. The minimum atomic E-state index is -3.51. The van der Waals surface area contributed by atoms with Gasteiger partial charge in [-0.25, -0.2) is 12.8 Å². The molecule has 2 atom stereocenters. The van der Waals surface area contributed by atoms with Gasteiger partial charge in [-0.2, -0.15) is 0 Å². The zero-order chi connectivity index (χ0) is 11.9. The van der Waals surface area contributed by atoms with Crippen molar-refractivity contribution >= 4 is 15.8 Å². The van der Waals surface area contributed by atoms with Crippen molar-refractivity contribution < 1.29 is 22.7 Å². The Morgan fingerprint density at radius 2 is 2.00 bits per heavy atom. The largest absolute Gasteiger partial charge is 0.481 e. The standard InChI is InChI=1S/C10H9FO4S/c11-8-4-2-1-3-6(8)9-7(10(12)13)5-16(9,14)15/h1-4,7,9H,5H2,(H,12,13). The van der Waals surface area contributed by atoms with E-state index in [0.29, 0.717) is 0 Å². The molecule has 16 heavy (non-hydrogen) atoms. The Labute approximate surface area is 91.6 Å². The maximum Gasteiger partial charge on any atom is 0.309 e. The Kier molecular flexibility index (Phi) is 2.46. The van der Waals surface area contributed by atoms with Crippen LogP contribution in [0.15, 0.2) is 24.3 Å². The molecule has 0 saturated carbocycles. The number of sulfone groups is 1. The SMILES string of the molecule is O=C(O)C1CS(=O)(=O)C1c1ccccc1F. The molecule has 0 radical (unpaired) electrons. The van der Waals surface area contributed by atoms with Crippen molar-refractivity contribution in [2.75, 3.05) is 5.75 Å². The molecule has 1 aliphatic rings. The fraction of sp³-hybridized carbons (Fsp3) is 0.300. The Hall–Kier alpha value is -1.43. The second kappa shape index (κ2) is 3.55. The lowest BCUT2D eigenvalue weighted by Crippen LogP contribution is -2.45. The number of benzene rings is 1. The molecular formula is C10H9FO4S. The third kappa shape index (κ3) is 1.59. The normalized spacial score (nSPS) is 27.1. The molecule has 0 spiro atoms. The molecule has 0 aliphatic carbocycles. The van der Waals surface area contributed by atoms with Gasteiger partial charge in [-0.3, -0.25) is 4.79 Å². The molecule has 0 aromatic heterocycles. The van der Waals surface area contributed by atoms with E-state index >= 15 is 0 Å². The van der Waals surface area contributed by atoms with Crippen molar-refractivity contribution in [1.29, 1.82) is 0 Å². The van der Waals surface area contributed by atoms with Crippen molar-refractivity contribution in [2.24, 2.45) is 5.92 Å². The molecule has 86 valence electrons. The second-order valence-corrected chi connectivity index (χ2v) is 5.88. The number of halogens is 1. The highest BCUT2D eigenvalue weighted by molar-refractivity contribution is 7.93. The fourth-order valence-corrected chi connectivity index (χ4v) is 3.86. The number of carboxylic acid groups (broad SMARTS) is 1. The summed E-state index contributed by atoms with van der Waals surface area (Å²) < 4.78 is 36.3. The maximum absolute atomic E-state index is 13.4. The van der Waals surface area contributed by atoms with E-state index in [0.717, 1.165) is 6.07 Å². The van der Waals surface area contributed by atoms with Crippen molar-refractivity contribution in [1.82, 2.24) is 0 Å². The number of carbonyl (C=O) groups is 1. The van der Waals surface area contributed by atoms with Gasteiger partial charge in [-0.1, -0.05) is 18.2 Å². The zero-order valence-electron chi connectivity index (χ0n) is 8.13. The van der Waals surface area contributed by atoms with E-state index < -0.39 is 38.5 Å². The molecule has 0 bridgehead atoms. The van der Waals surface area contributed by atoms with Crippen molar-refractivity contribution in [2.45, 2.75) is 5.25 Å². The summed E-state index contributed by atoms with van der Waals surface area (Å²) in [6, 6.07) is 5.36. The average Bonchev–Trinajstić information content (AvgIpc) is 2.18. The summed E-state index contributed by atoms with van der Waals surface area (Å²) >= 11 is 0. The first-order chi connectivity index (χ1) is 7.43. The highest BCUT2D eigenvalue weighted by Crippen LogP contribution is 2.42. The monoisotopic (exact) mass is 244 g/mol. The van der Waals surface area contributed by atoms with Crippen molar-refractivity contribution in [3.05, 3.63) is 35.6 Å².